The van der Waals surface area contributed by atoms with Crippen molar-refractivity contribution in [1.82, 2.24) is 0 Å². The number of allylic oxidation sites excluding steroid dienone is 1. The van der Waals surface area contributed by atoms with Gasteiger partial charge in [0.25, 0.3) is 0 Å². The van der Waals surface area contributed by atoms with Crippen LogP contribution in [-0.4, -0.2) is 46.7 Å². The fourth-order valence-corrected chi connectivity index (χ4v) is 2.49. The Hall–Kier alpha value is -0.910. The van der Waals surface area contributed by atoms with Gasteiger partial charge in [0.1, 0.15) is 24.2 Å². The Kier molecular flexibility index (Phi) is 3.51. The molecule has 0 aromatic rings. The number of esters is 1. The van der Waals surface area contributed by atoms with E-state index in [2.05, 4.69) is 0 Å². The van der Waals surface area contributed by atoms with E-state index in [9.17, 15) is 15.0 Å². The number of aliphatic hydroxyl groups excluding tert-OH is 2. The molecule has 2 fully saturated rings. The lowest BCUT2D eigenvalue weighted by atomic mass is 9.82. The van der Waals surface area contributed by atoms with Crippen molar-refractivity contribution < 1.29 is 24.5 Å². The minimum absolute atomic E-state index is 0.211. The number of carbonyl (C=O) groups excluding carboxylic acids is 1. The summed E-state index contributed by atoms with van der Waals surface area (Å²) in [5, 5.41) is 19.8. The van der Waals surface area contributed by atoms with Gasteiger partial charge in [0.15, 0.2) is 0 Å². The minimum Gasteiger partial charge on any atom is -0.462 e. The Morgan fingerprint density at radius 1 is 1.35 bits per heavy atom. The molecule has 2 aliphatic rings. The third-order valence-corrected chi connectivity index (χ3v) is 3.32. The Morgan fingerprint density at radius 2 is 2.06 bits per heavy atom. The molecule has 0 aromatic carbocycles. The molecule has 0 aromatic heterocycles. The van der Waals surface area contributed by atoms with E-state index in [1.54, 1.807) is 19.1 Å². The summed E-state index contributed by atoms with van der Waals surface area (Å²) in [6.07, 6.45) is 0.620. The maximum atomic E-state index is 11.7. The molecule has 2 saturated heterocycles. The molecule has 2 N–H and O–H groups in total. The number of ether oxygens (including phenoxy) is 2. The first-order valence-corrected chi connectivity index (χ1v) is 5.89. The quantitative estimate of drug-likeness (QED) is 0.500. The second kappa shape index (κ2) is 4.76. The number of cyclic esters (lactones) is 1. The van der Waals surface area contributed by atoms with Crippen molar-refractivity contribution in [2.45, 2.75) is 50.8 Å². The third-order valence-electron chi connectivity index (χ3n) is 3.32. The van der Waals surface area contributed by atoms with Gasteiger partial charge in [0.05, 0.1) is 12.2 Å². The van der Waals surface area contributed by atoms with Gasteiger partial charge in [0.2, 0.25) is 0 Å². The maximum absolute atomic E-state index is 11.7. The molecule has 2 aliphatic heterocycles. The van der Waals surface area contributed by atoms with Crippen molar-refractivity contribution in [2.24, 2.45) is 5.92 Å². The Balaban J connectivity index is 2.19. The van der Waals surface area contributed by atoms with E-state index < -0.39 is 30.2 Å². The van der Waals surface area contributed by atoms with E-state index >= 15 is 0 Å². The standard InChI is InChI=1S/C12H18O5/c1-3-4-7-10(13)11(14)9-8(17-7)5-6(2)16-12(9)15/h3-4,6-11,13-14H,5H2,1-2H3/b4-3+/t6-,7-,8+,9+,10-,11+/m1/s1. The number of hydrogen-bond acceptors (Lipinski definition) is 5. The van der Waals surface area contributed by atoms with Crippen LogP contribution < -0.4 is 0 Å². The Labute approximate surface area is 100 Å². The van der Waals surface area contributed by atoms with Crippen LogP contribution in [0.3, 0.4) is 0 Å². The molecule has 17 heavy (non-hydrogen) atoms. The zero-order valence-corrected chi connectivity index (χ0v) is 9.95. The molecule has 96 valence electrons. The molecule has 0 unspecified atom stereocenters. The zero-order valence-electron chi connectivity index (χ0n) is 9.95. The van der Waals surface area contributed by atoms with E-state index in [1.165, 1.54) is 0 Å². The first kappa shape index (κ1) is 12.5. The third kappa shape index (κ3) is 2.22. The second-order valence-corrected chi connectivity index (χ2v) is 4.66. The van der Waals surface area contributed by atoms with Crippen molar-refractivity contribution in [2.75, 3.05) is 0 Å². The van der Waals surface area contributed by atoms with Crippen LogP contribution in [0.4, 0.5) is 0 Å². The van der Waals surface area contributed by atoms with Crippen LogP contribution in [0, 0.1) is 5.92 Å². The van der Waals surface area contributed by atoms with Crippen molar-refractivity contribution in [3.63, 3.8) is 0 Å². The molecule has 0 spiro atoms. The first-order chi connectivity index (χ1) is 8.04. The number of hydrogen-bond donors (Lipinski definition) is 2. The zero-order chi connectivity index (χ0) is 12.6. The molecular weight excluding hydrogens is 224 g/mol. The van der Waals surface area contributed by atoms with Gasteiger partial charge in [-0.05, 0) is 13.8 Å². The van der Waals surface area contributed by atoms with Crippen LogP contribution in [-0.2, 0) is 14.3 Å². The van der Waals surface area contributed by atoms with Gasteiger partial charge in [-0.3, -0.25) is 4.79 Å². The van der Waals surface area contributed by atoms with Gasteiger partial charge in [-0.25, -0.2) is 0 Å². The molecule has 0 amide bonds. The van der Waals surface area contributed by atoms with Gasteiger partial charge in [-0.2, -0.15) is 0 Å². The smallest absolute Gasteiger partial charge is 0.314 e. The molecule has 5 nitrogen and oxygen atoms in total. The average Bonchev–Trinajstić information content (AvgIpc) is 2.24. The van der Waals surface area contributed by atoms with E-state index in [0.717, 1.165) is 0 Å². The topological polar surface area (TPSA) is 76.0 Å². The van der Waals surface area contributed by atoms with Crippen LogP contribution in [0.5, 0.6) is 0 Å². The molecule has 5 heteroatoms. The van der Waals surface area contributed by atoms with E-state index in [1.807, 2.05) is 6.92 Å². The number of rotatable bonds is 1. The SMILES string of the molecule is C/C=C/[C@H]1O[C@H]2C[C@@H](C)OC(=O)[C@@H]2[C@H](O)[C@@H]1O. The molecule has 0 radical (unpaired) electrons. The lowest BCUT2D eigenvalue weighted by Crippen LogP contribution is -2.59. The summed E-state index contributed by atoms with van der Waals surface area (Å²) in [6.45, 7) is 3.60. The van der Waals surface area contributed by atoms with Crippen molar-refractivity contribution in [3.05, 3.63) is 12.2 Å². The first-order valence-electron chi connectivity index (χ1n) is 5.89. The summed E-state index contributed by atoms with van der Waals surface area (Å²) in [7, 11) is 0. The Morgan fingerprint density at radius 3 is 2.71 bits per heavy atom. The number of carbonyl (C=O) groups is 1. The van der Waals surface area contributed by atoms with Gasteiger partial charge < -0.3 is 19.7 Å². The van der Waals surface area contributed by atoms with Crippen molar-refractivity contribution in [3.8, 4) is 0 Å². The normalized spacial score (nSPS) is 46.7. The summed E-state index contributed by atoms with van der Waals surface area (Å²) in [5.74, 6) is -1.26. The van der Waals surface area contributed by atoms with E-state index in [0.29, 0.717) is 6.42 Å². The molecule has 2 rings (SSSR count). The Bertz CT molecular complexity index is 327. The van der Waals surface area contributed by atoms with Crippen LogP contribution >= 0.6 is 0 Å². The van der Waals surface area contributed by atoms with Gasteiger partial charge >= 0.3 is 5.97 Å². The predicted octanol–water partition coefficient (Wildman–Crippen LogP) is 0.00330. The van der Waals surface area contributed by atoms with Crippen LogP contribution in [0.1, 0.15) is 20.3 Å². The predicted molar refractivity (Wildman–Crippen MR) is 59.1 cm³/mol. The summed E-state index contributed by atoms with van der Waals surface area (Å²) in [6, 6.07) is 0. The van der Waals surface area contributed by atoms with Crippen LogP contribution in [0.2, 0.25) is 0 Å². The summed E-state index contributed by atoms with van der Waals surface area (Å²) in [5.41, 5.74) is 0. The summed E-state index contributed by atoms with van der Waals surface area (Å²) >= 11 is 0. The highest BCUT2D eigenvalue weighted by molar-refractivity contribution is 5.75. The highest BCUT2D eigenvalue weighted by Gasteiger charge is 2.50. The van der Waals surface area contributed by atoms with E-state index in [-0.39, 0.29) is 12.2 Å². The number of fused-ring (bicyclic) bond motifs is 1. The molecule has 0 bridgehead atoms. The average molecular weight is 242 g/mol. The molecule has 6 atom stereocenters. The minimum atomic E-state index is -1.13. The largest absolute Gasteiger partial charge is 0.462 e. The fourth-order valence-electron chi connectivity index (χ4n) is 2.49. The number of aliphatic hydroxyl groups is 2. The van der Waals surface area contributed by atoms with Crippen LogP contribution in [0.15, 0.2) is 12.2 Å². The summed E-state index contributed by atoms with van der Waals surface area (Å²) < 4.78 is 10.7. The van der Waals surface area contributed by atoms with Crippen LogP contribution in [0.25, 0.3) is 0 Å². The van der Waals surface area contributed by atoms with Crippen molar-refractivity contribution >= 4 is 5.97 Å². The molecule has 0 saturated carbocycles. The van der Waals surface area contributed by atoms with Gasteiger partial charge in [-0.15, -0.1) is 0 Å². The monoisotopic (exact) mass is 242 g/mol. The van der Waals surface area contributed by atoms with E-state index in [4.69, 9.17) is 9.47 Å². The molecule has 0 aliphatic carbocycles. The maximum Gasteiger partial charge on any atom is 0.314 e. The fraction of sp³-hybridized carbons (Fsp3) is 0.750. The highest BCUT2D eigenvalue weighted by atomic mass is 16.6. The molecular formula is C12H18O5. The second-order valence-electron chi connectivity index (χ2n) is 4.66. The summed E-state index contributed by atoms with van der Waals surface area (Å²) in [4.78, 5) is 11.7. The van der Waals surface area contributed by atoms with Crippen molar-refractivity contribution in [1.29, 1.82) is 0 Å². The lowest BCUT2D eigenvalue weighted by molar-refractivity contribution is -0.224. The highest BCUT2D eigenvalue weighted by Crippen LogP contribution is 2.34. The molecule has 2 heterocycles. The van der Waals surface area contributed by atoms with Gasteiger partial charge in [-0.1, -0.05) is 12.2 Å². The lowest BCUT2D eigenvalue weighted by Gasteiger charge is -2.44. The van der Waals surface area contributed by atoms with Gasteiger partial charge in [0, 0.05) is 6.42 Å².